The first kappa shape index (κ1) is 26.4. The maximum atomic E-state index is 13.5. The molecule has 0 aliphatic carbocycles. The van der Waals surface area contributed by atoms with E-state index in [0.29, 0.717) is 23.7 Å². The summed E-state index contributed by atoms with van der Waals surface area (Å²) in [7, 11) is -1.13. The molecule has 3 aromatic rings. The van der Waals surface area contributed by atoms with Crippen molar-refractivity contribution in [1.29, 1.82) is 0 Å². The number of hydrogen-bond acceptors (Lipinski definition) is 6. The number of sulfonamides is 1. The quantitative estimate of drug-likeness (QED) is 0.364. The van der Waals surface area contributed by atoms with Crippen molar-refractivity contribution in [3.8, 4) is 11.5 Å². The summed E-state index contributed by atoms with van der Waals surface area (Å²) in [6.45, 7) is 2.15. The maximum Gasteiger partial charge on any atom is 0.264 e. The molecule has 35 heavy (non-hydrogen) atoms. The minimum atomic E-state index is -4.05. The number of hydrogen-bond donors (Lipinski definition) is 1. The van der Waals surface area contributed by atoms with Gasteiger partial charge >= 0.3 is 0 Å². The second-order valence-corrected chi connectivity index (χ2v) is 10.7. The molecule has 0 aromatic heterocycles. The van der Waals surface area contributed by atoms with Crippen LogP contribution in [0.1, 0.15) is 11.1 Å². The third-order valence-corrected chi connectivity index (χ3v) is 8.03. The Morgan fingerprint density at radius 1 is 0.943 bits per heavy atom. The summed E-state index contributed by atoms with van der Waals surface area (Å²) >= 11 is 1.71. The average molecular weight is 515 g/mol. The van der Waals surface area contributed by atoms with Crippen molar-refractivity contribution in [2.75, 3.05) is 37.4 Å². The van der Waals surface area contributed by atoms with E-state index in [1.54, 1.807) is 42.1 Å². The molecule has 1 N–H and O–H groups in total. The van der Waals surface area contributed by atoms with Gasteiger partial charge in [-0.2, -0.15) is 11.8 Å². The number of para-hydroxylation sites is 1. The van der Waals surface area contributed by atoms with Gasteiger partial charge < -0.3 is 14.8 Å². The molecule has 0 spiro atoms. The lowest BCUT2D eigenvalue weighted by Gasteiger charge is -2.24. The van der Waals surface area contributed by atoms with Gasteiger partial charge in [-0.3, -0.25) is 9.10 Å². The Bertz CT molecular complexity index is 1220. The predicted octanol–water partition coefficient (Wildman–Crippen LogP) is 4.26. The summed E-state index contributed by atoms with van der Waals surface area (Å²) in [6, 6.07) is 21.3. The minimum Gasteiger partial charge on any atom is -0.493 e. The zero-order valence-corrected chi connectivity index (χ0v) is 21.7. The molecule has 0 aliphatic heterocycles. The molecular formula is C26H30N2O5S2. The van der Waals surface area contributed by atoms with E-state index >= 15 is 0 Å². The smallest absolute Gasteiger partial charge is 0.264 e. The summed E-state index contributed by atoms with van der Waals surface area (Å²) in [5, 5.41) is 2.83. The van der Waals surface area contributed by atoms with Crippen LogP contribution < -0.4 is 19.1 Å². The van der Waals surface area contributed by atoms with Gasteiger partial charge in [0.25, 0.3) is 10.0 Å². The van der Waals surface area contributed by atoms with Crippen molar-refractivity contribution in [3.63, 3.8) is 0 Å². The summed E-state index contributed by atoms with van der Waals surface area (Å²) in [5.74, 6) is 1.89. The highest BCUT2D eigenvalue weighted by Crippen LogP contribution is 2.32. The third kappa shape index (κ3) is 7.16. The molecule has 9 heteroatoms. The number of methoxy groups -OCH3 is 2. The number of carbonyl (C=O) groups is 1. The number of nitrogens with one attached hydrogen (secondary N) is 1. The summed E-state index contributed by atoms with van der Waals surface area (Å²) in [4.78, 5) is 12.7. The van der Waals surface area contributed by atoms with E-state index in [9.17, 15) is 13.2 Å². The lowest BCUT2D eigenvalue weighted by molar-refractivity contribution is -0.119. The van der Waals surface area contributed by atoms with Crippen molar-refractivity contribution < 1.29 is 22.7 Å². The molecule has 0 atom stereocenters. The van der Waals surface area contributed by atoms with Crippen LogP contribution >= 0.6 is 11.8 Å². The molecule has 0 aliphatic rings. The first-order chi connectivity index (χ1) is 16.8. The highest BCUT2D eigenvalue weighted by Gasteiger charge is 2.28. The van der Waals surface area contributed by atoms with Crippen molar-refractivity contribution in [1.82, 2.24) is 5.32 Å². The largest absolute Gasteiger partial charge is 0.493 e. The number of benzene rings is 3. The maximum absolute atomic E-state index is 13.5. The number of nitrogens with zero attached hydrogens (tertiary/aromatic N) is 1. The second kappa shape index (κ2) is 12.5. The molecule has 0 unspecified atom stereocenters. The van der Waals surface area contributed by atoms with Crippen LogP contribution in [0.3, 0.4) is 0 Å². The lowest BCUT2D eigenvalue weighted by Crippen LogP contribution is -2.41. The van der Waals surface area contributed by atoms with E-state index in [0.717, 1.165) is 10.1 Å². The lowest BCUT2D eigenvalue weighted by atomic mass is 10.2. The highest BCUT2D eigenvalue weighted by atomic mass is 32.2. The Labute approximate surface area is 211 Å². The van der Waals surface area contributed by atoms with Gasteiger partial charge in [-0.15, -0.1) is 0 Å². The molecule has 7 nitrogen and oxygen atoms in total. The number of ether oxygens (including phenoxy) is 2. The second-order valence-electron chi connectivity index (χ2n) is 7.75. The van der Waals surface area contributed by atoms with Gasteiger partial charge in [-0.25, -0.2) is 8.42 Å². The Balaban J connectivity index is 1.67. The van der Waals surface area contributed by atoms with Crippen molar-refractivity contribution >= 4 is 33.4 Å². The number of rotatable bonds is 12. The van der Waals surface area contributed by atoms with Crippen LogP contribution in [0, 0.1) is 6.92 Å². The molecule has 0 radical (unpaired) electrons. The van der Waals surface area contributed by atoms with Crippen molar-refractivity contribution in [3.05, 3.63) is 83.9 Å². The zero-order chi connectivity index (χ0) is 25.3. The average Bonchev–Trinajstić information content (AvgIpc) is 2.88. The molecule has 186 valence electrons. The fraction of sp³-hybridized carbons (Fsp3) is 0.269. The van der Waals surface area contributed by atoms with E-state index < -0.39 is 10.0 Å². The van der Waals surface area contributed by atoms with Crippen LogP contribution in [0.5, 0.6) is 11.5 Å². The van der Waals surface area contributed by atoms with E-state index in [1.165, 1.54) is 43.5 Å². The molecule has 0 fully saturated rings. The molecular weight excluding hydrogens is 484 g/mol. The fourth-order valence-electron chi connectivity index (χ4n) is 3.34. The van der Waals surface area contributed by atoms with Crippen LogP contribution in [0.15, 0.2) is 77.7 Å². The monoisotopic (exact) mass is 514 g/mol. The van der Waals surface area contributed by atoms with Crippen molar-refractivity contribution in [2.45, 2.75) is 17.6 Å². The Morgan fingerprint density at radius 2 is 1.63 bits per heavy atom. The number of aryl methyl sites for hydroxylation is 1. The van der Waals surface area contributed by atoms with E-state index in [4.69, 9.17) is 9.47 Å². The first-order valence-corrected chi connectivity index (χ1v) is 13.6. The third-order valence-electron chi connectivity index (χ3n) is 5.23. The fourth-order valence-corrected chi connectivity index (χ4v) is 5.59. The Kier molecular flexibility index (Phi) is 9.45. The summed E-state index contributed by atoms with van der Waals surface area (Å²) in [5.41, 5.74) is 2.84. The normalized spacial score (nSPS) is 11.1. The van der Waals surface area contributed by atoms with Crippen LogP contribution in [0.2, 0.25) is 0 Å². The minimum absolute atomic E-state index is 0.000423. The Hall–Kier alpha value is -3.17. The van der Waals surface area contributed by atoms with Crippen LogP contribution in [0.25, 0.3) is 0 Å². The van der Waals surface area contributed by atoms with E-state index in [-0.39, 0.29) is 23.1 Å². The first-order valence-electron chi connectivity index (χ1n) is 11.0. The molecule has 1 amide bonds. The van der Waals surface area contributed by atoms with Gasteiger partial charge in [0, 0.05) is 24.1 Å². The predicted molar refractivity (Wildman–Crippen MR) is 141 cm³/mol. The molecule has 0 saturated heterocycles. The van der Waals surface area contributed by atoms with Gasteiger partial charge in [-0.1, -0.05) is 48.0 Å². The van der Waals surface area contributed by atoms with E-state index in [1.807, 2.05) is 0 Å². The van der Waals surface area contributed by atoms with Gasteiger partial charge in [0.15, 0.2) is 11.5 Å². The number of amides is 1. The number of carbonyl (C=O) groups excluding carboxylic acids is 1. The van der Waals surface area contributed by atoms with Gasteiger partial charge in [0.05, 0.1) is 24.8 Å². The number of anilines is 1. The summed E-state index contributed by atoms with van der Waals surface area (Å²) < 4.78 is 38.7. The molecule has 0 saturated carbocycles. The topological polar surface area (TPSA) is 84.9 Å². The number of thioether (sulfide) groups is 1. The summed E-state index contributed by atoms with van der Waals surface area (Å²) in [6.07, 6.45) is 0. The standard InChI is InChI=1S/C26H30N2O5S2/c1-20-9-11-21(12-10-20)19-34-16-15-27-26(29)18-28(22-7-5-4-6-8-22)35(30,31)23-13-14-24(32-2)25(17-23)33-3/h4-14,17H,15-16,18-19H2,1-3H3,(H,27,29). The van der Waals surface area contributed by atoms with Crippen molar-refractivity contribution in [2.24, 2.45) is 0 Å². The van der Waals surface area contributed by atoms with E-state index in [2.05, 4.69) is 36.5 Å². The SMILES string of the molecule is COc1ccc(S(=O)(=O)N(CC(=O)NCCSCc2ccc(C)cc2)c2ccccc2)cc1OC. The van der Waals surface area contributed by atoms with Gasteiger partial charge in [0.1, 0.15) is 6.54 Å². The van der Waals surface area contributed by atoms with Crippen LogP contribution in [0.4, 0.5) is 5.69 Å². The van der Waals surface area contributed by atoms with Gasteiger partial charge in [-0.05, 0) is 36.8 Å². The van der Waals surface area contributed by atoms with Gasteiger partial charge in [0.2, 0.25) is 5.91 Å². The van der Waals surface area contributed by atoms with Crippen LogP contribution in [-0.2, 0) is 20.6 Å². The van der Waals surface area contributed by atoms with Crippen LogP contribution in [-0.4, -0.2) is 47.4 Å². The Morgan fingerprint density at radius 3 is 2.29 bits per heavy atom. The molecule has 0 bridgehead atoms. The zero-order valence-electron chi connectivity index (χ0n) is 20.1. The molecule has 0 heterocycles. The molecule has 3 rings (SSSR count). The highest BCUT2D eigenvalue weighted by molar-refractivity contribution is 7.98. The molecule has 3 aromatic carbocycles.